The van der Waals surface area contributed by atoms with Crippen molar-refractivity contribution in [2.45, 2.75) is 25.8 Å². The lowest BCUT2D eigenvalue weighted by molar-refractivity contribution is 0.748. The van der Waals surface area contributed by atoms with Crippen molar-refractivity contribution in [3.05, 3.63) is 58.4 Å². The Morgan fingerprint density at radius 1 is 1.25 bits per heavy atom. The van der Waals surface area contributed by atoms with Crippen molar-refractivity contribution in [2.24, 2.45) is 5.73 Å². The van der Waals surface area contributed by atoms with Crippen molar-refractivity contribution in [2.75, 3.05) is 18.0 Å². The van der Waals surface area contributed by atoms with E-state index in [9.17, 15) is 0 Å². The molecule has 1 aromatic carbocycles. The van der Waals surface area contributed by atoms with Crippen LogP contribution in [-0.4, -0.2) is 33.7 Å². The van der Waals surface area contributed by atoms with E-state index >= 15 is 0 Å². The lowest BCUT2D eigenvalue weighted by Gasteiger charge is -2.19. The molecule has 0 saturated carbocycles. The van der Waals surface area contributed by atoms with Gasteiger partial charge in [0.15, 0.2) is 5.65 Å². The Hall–Kier alpha value is -2.11. The van der Waals surface area contributed by atoms with Gasteiger partial charge in [0.2, 0.25) is 0 Å². The van der Waals surface area contributed by atoms with E-state index in [4.69, 9.17) is 22.4 Å². The standard InChI is InChI=1S/C18H20ClN5/c1-12-8-18(23-7-6-15(20)11-23)24-17(21-12)10-16(22-24)9-13-2-4-14(19)5-3-13/h2-5,8,10,15H,6-7,9,11,20H2,1H3/t15-/m1/s1. The van der Waals surface area contributed by atoms with Gasteiger partial charge in [-0.25, -0.2) is 4.98 Å². The molecule has 1 aliphatic rings. The van der Waals surface area contributed by atoms with E-state index in [-0.39, 0.29) is 6.04 Å². The Kier molecular flexibility index (Phi) is 3.90. The molecule has 1 fully saturated rings. The van der Waals surface area contributed by atoms with Gasteiger partial charge in [0.1, 0.15) is 5.82 Å². The molecule has 2 N–H and O–H groups in total. The van der Waals surface area contributed by atoms with Gasteiger partial charge in [0, 0.05) is 48.4 Å². The van der Waals surface area contributed by atoms with E-state index < -0.39 is 0 Å². The van der Waals surface area contributed by atoms with Gasteiger partial charge in [-0.3, -0.25) is 0 Å². The molecule has 24 heavy (non-hydrogen) atoms. The minimum atomic E-state index is 0.234. The second-order valence-electron chi connectivity index (χ2n) is 6.46. The summed E-state index contributed by atoms with van der Waals surface area (Å²) in [5.74, 6) is 1.08. The molecule has 2 aromatic heterocycles. The molecule has 0 radical (unpaired) electrons. The summed E-state index contributed by atoms with van der Waals surface area (Å²) in [5.41, 5.74) is 10.1. The summed E-state index contributed by atoms with van der Waals surface area (Å²) in [6.45, 7) is 3.85. The Bertz CT molecular complexity index is 871. The number of benzene rings is 1. The molecule has 0 amide bonds. The van der Waals surface area contributed by atoms with E-state index in [1.54, 1.807) is 0 Å². The second-order valence-corrected chi connectivity index (χ2v) is 6.90. The molecular formula is C18H20ClN5. The number of nitrogens with zero attached hydrogens (tertiary/aromatic N) is 4. The van der Waals surface area contributed by atoms with Gasteiger partial charge in [-0.2, -0.15) is 9.61 Å². The summed E-state index contributed by atoms with van der Waals surface area (Å²) in [6.07, 6.45) is 1.78. The number of aryl methyl sites for hydroxylation is 1. The fraction of sp³-hybridized carbons (Fsp3) is 0.333. The molecular weight excluding hydrogens is 322 g/mol. The maximum atomic E-state index is 6.07. The molecule has 0 bridgehead atoms. The normalized spacial score (nSPS) is 17.8. The summed E-state index contributed by atoms with van der Waals surface area (Å²) in [6, 6.07) is 12.3. The summed E-state index contributed by atoms with van der Waals surface area (Å²) < 4.78 is 1.94. The molecule has 1 aliphatic heterocycles. The Morgan fingerprint density at radius 3 is 2.75 bits per heavy atom. The third kappa shape index (κ3) is 2.97. The van der Waals surface area contributed by atoms with Crippen LogP contribution < -0.4 is 10.6 Å². The highest BCUT2D eigenvalue weighted by molar-refractivity contribution is 6.30. The van der Waals surface area contributed by atoms with Crippen LogP contribution in [0.5, 0.6) is 0 Å². The summed E-state index contributed by atoms with van der Waals surface area (Å²) in [4.78, 5) is 6.92. The van der Waals surface area contributed by atoms with Gasteiger partial charge in [-0.15, -0.1) is 0 Å². The van der Waals surface area contributed by atoms with Crippen LogP contribution in [0.4, 0.5) is 5.82 Å². The van der Waals surface area contributed by atoms with Gasteiger partial charge in [-0.1, -0.05) is 23.7 Å². The first-order valence-electron chi connectivity index (χ1n) is 8.20. The Labute approximate surface area is 146 Å². The van der Waals surface area contributed by atoms with Gasteiger partial charge < -0.3 is 10.6 Å². The topological polar surface area (TPSA) is 59.5 Å². The zero-order chi connectivity index (χ0) is 16.7. The quantitative estimate of drug-likeness (QED) is 0.795. The molecule has 124 valence electrons. The predicted octanol–water partition coefficient (Wildman–Crippen LogP) is 2.82. The number of hydrogen-bond acceptors (Lipinski definition) is 4. The summed E-state index contributed by atoms with van der Waals surface area (Å²) in [7, 11) is 0. The van der Waals surface area contributed by atoms with Crippen LogP contribution in [-0.2, 0) is 6.42 Å². The first kappa shape index (κ1) is 15.4. The molecule has 3 heterocycles. The highest BCUT2D eigenvalue weighted by Gasteiger charge is 2.22. The molecule has 6 heteroatoms. The minimum absolute atomic E-state index is 0.234. The largest absolute Gasteiger partial charge is 0.355 e. The van der Waals surface area contributed by atoms with Gasteiger partial charge in [0.25, 0.3) is 0 Å². The predicted molar refractivity (Wildman–Crippen MR) is 96.8 cm³/mol. The molecule has 1 atom stereocenters. The average molecular weight is 342 g/mol. The lowest BCUT2D eigenvalue weighted by atomic mass is 10.1. The molecule has 1 saturated heterocycles. The third-order valence-corrected chi connectivity index (χ3v) is 4.69. The summed E-state index contributed by atoms with van der Waals surface area (Å²) >= 11 is 5.96. The highest BCUT2D eigenvalue weighted by atomic mass is 35.5. The SMILES string of the molecule is Cc1cc(N2CC[C@@H](N)C2)n2nc(Cc3ccc(Cl)cc3)cc2n1. The van der Waals surface area contributed by atoms with Gasteiger partial charge in [-0.05, 0) is 31.0 Å². The minimum Gasteiger partial charge on any atom is -0.355 e. The van der Waals surface area contributed by atoms with Crippen molar-refractivity contribution in [3.8, 4) is 0 Å². The van der Waals surface area contributed by atoms with Gasteiger partial charge in [0.05, 0.1) is 5.69 Å². The Balaban J connectivity index is 1.70. The van der Waals surface area contributed by atoms with Crippen molar-refractivity contribution < 1.29 is 0 Å². The van der Waals surface area contributed by atoms with Crippen LogP contribution in [0.1, 0.15) is 23.4 Å². The van der Waals surface area contributed by atoms with Crippen molar-refractivity contribution >= 4 is 23.1 Å². The zero-order valence-electron chi connectivity index (χ0n) is 13.6. The number of fused-ring (bicyclic) bond motifs is 1. The molecule has 0 aliphatic carbocycles. The number of anilines is 1. The second kappa shape index (κ2) is 6.07. The number of rotatable bonds is 3. The smallest absolute Gasteiger partial charge is 0.157 e. The van der Waals surface area contributed by atoms with Crippen LogP contribution in [0, 0.1) is 6.92 Å². The van der Waals surface area contributed by atoms with Crippen molar-refractivity contribution in [1.82, 2.24) is 14.6 Å². The fourth-order valence-corrected chi connectivity index (χ4v) is 3.37. The van der Waals surface area contributed by atoms with E-state index in [2.05, 4.69) is 22.0 Å². The molecule has 3 aromatic rings. The highest BCUT2D eigenvalue weighted by Crippen LogP contribution is 2.23. The number of nitrogens with two attached hydrogens (primary N) is 1. The van der Waals surface area contributed by atoms with E-state index in [0.717, 1.165) is 53.8 Å². The lowest BCUT2D eigenvalue weighted by Crippen LogP contribution is -2.28. The fourth-order valence-electron chi connectivity index (χ4n) is 3.25. The maximum Gasteiger partial charge on any atom is 0.157 e. The van der Waals surface area contributed by atoms with E-state index in [1.165, 1.54) is 5.56 Å². The molecule has 0 spiro atoms. The number of halogens is 1. The zero-order valence-corrected chi connectivity index (χ0v) is 14.4. The number of aromatic nitrogens is 3. The average Bonchev–Trinajstić information content (AvgIpc) is 3.14. The van der Waals surface area contributed by atoms with Crippen molar-refractivity contribution in [3.63, 3.8) is 0 Å². The first-order chi connectivity index (χ1) is 11.6. The molecule has 5 nitrogen and oxygen atoms in total. The molecule has 0 unspecified atom stereocenters. The van der Waals surface area contributed by atoms with Crippen LogP contribution >= 0.6 is 11.6 Å². The van der Waals surface area contributed by atoms with Crippen LogP contribution in [0.15, 0.2) is 36.4 Å². The Morgan fingerprint density at radius 2 is 2.04 bits per heavy atom. The van der Waals surface area contributed by atoms with Crippen LogP contribution in [0.3, 0.4) is 0 Å². The maximum absolute atomic E-state index is 6.07. The third-order valence-electron chi connectivity index (χ3n) is 4.43. The van der Waals surface area contributed by atoms with E-state index in [1.807, 2.05) is 35.7 Å². The van der Waals surface area contributed by atoms with Crippen LogP contribution in [0.2, 0.25) is 5.02 Å². The summed E-state index contributed by atoms with van der Waals surface area (Å²) in [5, 5.41) is 5.53. The monoisotopic (exact) mass is 341 g/mol. The number of hydrogen-bond donors (Lipinski definition) is 1. The van der Waals surface area contributed by atoms with Crippen molar-refractivity contribution in [1.29, 1.82) is 0 Å². The first-order valence-corrected chi connectivity index (χ1v) is 8.57. The van der Waals surface area contributed by atoms with Crippen LogP contribution in [0.25, 0.3) is 5.65 Å². The van der Waals surface area contributed by atoms with E-state index in [0.29, 0.717) is 0 Å². The molecule has 4 rings (SSSR count). The van der Waals surface area contributed by atoms with Gasteiger partial charge >= 0.3 is 0 Å².